The van der Waals surface area contributed by atoms with Gasteiger partial charge in [0.05, 0.1) is 17.8 Å². The van der Waals surface area contributed by atoms with Crippen LogP contribution in [0.5, 0.6) is 0 Å². The van der Waals surface area contributed by atoms with Crippen molar-refractivity contribution in [2.45, 2.75) is 24.1 Å². The summed E-state index contributed by atoms with van der Waals surface area (Å²) in [6.07, 6.45) is 0. The van der Waals surface area contributed by atoms with Crippen LogP contribution in [0, 0.1) is 10.1 Å². The molecule has 0 spiro atoms. The average Bonchev–Trinajstić information content (AvgIpc) is 2.89. The number of nitrogens with one attached hydrogen (secondary N) is 1. The summed E-state index contributed by atoms with van der Waals surface area (Å²) in [6.45, 7) is -0.150. The summed E-state index contributed by atoms with van der Waals surface area (Å²) in [5.74, 6) is -1.18. The Morgan fingerprint density at radius 1 is 1.23 bits per heavy atom. The minimum atomic E-state index is -0.942. The van der Waals surface area contributed by atoms with Crippen LogP contribution in [0.3, 0.4) is 0 Å². The van der Waals surface area contributed by atoms with Crippen molar-refractivity contribution in [1.82, 2.24) is 10.2 Å². The smallest absolute Gasteiger partial charge is 0.358 e. The van der Waals surface area contributed by atoms with Crippen molar-refractivity contribution in [2.75, 3.05) is 12.9 Å². The molecule has 0 saturated carbocycles. The number of hydrogen-bond donors (Lipinski definition) is 2. The van der Waals surface area contributed by atoms with Gasteiger partial charge in [-0.05, 0) is 23.3 Å². The molecule has 1 fully saturated rings. The van der Waals surface area contributed by atoms with Crippen LogP contribution in [0.2, 0.25) is 0 Å². The number of rotatable bonds is 8. The number of nitro groups is 1. The van der Waals surface area contributed by atoms with Gasteiger partial charge >= 0.3 is 5.97 Å². The van der Waals surface area contributed by atoms with Crippen molar-refractivity contribution in [3.8, 4) is 0 Å². The number of nitrogens with two attached hydrogens (primary N) is 1. The number of nitrogens with zero attached hydrogens (tertiary/aromatic N) is 2. The number of ether oxygens (including phenoxy) is 2. The topological polar surface area (TPSA) is 154 Å². The molecular formula is C23H22N4O7S. The summed E-state index contributed by atoms with van der Waals surface area (Å²) in [5, 5.41) is 13.0. The van der Waals surface area contributed by atoms with E-state index in [2.05, 4.69) is 5.32 Å². The maximum Gasteiger partial charge on any atom is 0.358 e. The second-order valence-corrected chi connectivity index (χ2v) is 8.87. The fraction of sp³-hybridized carbons (Fsp3) is 0.261. The van der Waals surface area contributed by atoms with E-state index in [0.29, 0.717) is 16.9 Å². The number of non-ortho nitro benzene ring substituents is 1. The monoisotopic (exact) mass is 498 g/mol. The summed E-state index contributed by atoms with van der Waals surface area (Å²) >= 11 is 1.34. The SMILES string of the molecule is COC1=C(C(=O)OCc2ccc([N+](=O)[O-])cc2)N2C(=O)C(NC(=O)C(N)c3ccccc3)[C@H]2SC1. The van der Waals surface area contributed by atoms with E-state index in [1.54, 1.807) is 24.3 Å². The first-order valence-corrected chi connectivity index (χ1v) is 11.6. The zero-order valence-corrected chi connectivity index (χ0v) is 19.4. The zero-order chi connectivity index (χ0) is 25.1. The molecule has 0 radical (unpaired) electrons. The number of methoxy groups -OCH3 is 1. The molecule has 4 rings (SSSR count). The molecule has 3 N–H and O–H groups in total. The molecule has 1 saturated heterocycles. The Balaban J connectivity index is 1.43. The third-order valence-electron chi connectivity index (χ3n) is 5.63. The van der Waals surface area contributed by atoms with Crippen molar-refractivity contribution >= 4 is 35.2 Å². The number of nitro benzene ring substituents is 1. The molecule has 2 aliphatic heterocycles. The van der Waals surface area contributed by atoms with Gasteiger partial charge in [0.15, 0.2) is 5.70 Å². The Morgan fingerprint density at radius 2 is 1.91 bits per heavy atom. The van der Waals surface area contributed by atoms with Gasteiger partial charge in [0.2, 0.25) is 5.91 Å². The molecule has 0 aliphatic carbocycles. The summed E-state index contributed by atoms with van der Waals surface area (Å²) in [7, 11) is 1.39. The maximum atomic E-state index is 12.9. The zero-order valence-electron chi connectivity index (χ0n) is 18.6. The molecule has 2 aliphatic rings. The molecule has 2 heterocycles. The molecule has 182 valence electrons. The maximum absolute atomic E-state index is 12.9. The first-order valence-electron chi connectivity index (χ1n) is 10.5. The summed E-state index contributed by atoms with van der Waals surface area (Å²) in [4.78, 5) is 50.0. The lowest BCUT2D eigenvalue weighted by Crippen LogP contribution is -2.71. The highest BCUT2D eigenvalue weighted by atomic mass is 32.2. The molecule has 0 aromatic heterocycles. The molecule has 35 heavy (non-hydrogen) atoms. The largest absolute Gasteiger partial charge is 0.498 e. The van der Waals surface area contributed by atoms with Crippen LogP contribution in [-0.4, -0.2) is 51.9 Å². The van der Waals surface area contributed by atoms with Gasteiger partial charge in [0.25, 0.3) is 11.6 Å². The van der Waals surface area contributed by atoms with Gasteiger partial charge in [-0.1, -0.05) is 30.3 Å². The number of carbonyl (C=O) groups is 3. The van der Waals surface area contributed by atoms with E-state index in [1.165, 1.54) is 48.0 Å². The molecule has 2 unspecified atom stereocenters. The quantitative estimate of drug-likeness (QED) is 0.239. The lowest BCUT2D eigenvalue weighted by Gasteiger charge is -2.49. The number of esters is 1. The van der Waals surface area contributed by atoms with Gasteiger partial charge in [0.1, 0.15) is 29.8 Å². The Labute approximate surface area is 204 Å². The highest BCUT2D eigenvalue weighted by Crippen LogP contribution is 2.41. The molecule has 11 nitrogen and oxygen atoms in total. The normalized spacial score (nSPS) is 19.8. The van der Waals surface area contributed by atoms with Crippen molar-refractivity contribution in [2.24, 2.45) is 5.73 Å². The lowest BCUT2D eigenvalue weighted by atomic mass is 10.0. The van der Waals surface area contributed by atoms with Gasteiger partial charge in [-0.3, -0.25) is 24.6 Å². The van der Waals surface area contributed by atoms with Gasteiger partial charge < -0.3 is 20.5 Å². The predicted molar refractivity (Wildman–Crippen MR) is 125 cm³/mol. The molecule has 3 atom stereocenters. The van der Waals surface area contributed by atoms with Gasteiger partial charge in [-0.25, -0.2) is 4.79 Å². The Hall–Kier alpha value is -3.90. The fourth-order valence-corrected chi connectivity index (χ4v) is 5.03. The van der Waals surface area contributed by atoms with E-state index in [1.807, 2.05) is 6.07 Å². The Bertz CT molecular complexity index is 1190. The summed E-state index contributed by atoms with van der Waals surface area (Å²) in [6, 6.07) is 12.6. The fourth-order valence-electron chi connectivity index (χ4n) is 3.72. The minimum absolute atomic E-state index is 0.0268. The van der Waals surface area contributed by atoms with Crippen molar-refractivity contribution in [1.29, 1.82) is 0 Å². The standard InChI is InChI=1S/C23H22N4O7S/c1-33-16-12-35-22-18(25-20(28)17(24)14-5-3-2-4-6-14)21(29)26(22)19(16)23(30)34-11-13-7-9-15(10-8-13)27(31)32/h2-10,17-18,22H,11-12,24H2,1H3,(H,25,28)/t17?,18?,22-/m1/s1. The van der Waals surface area contributed by atoms with Gasteiger partial charge in [-0.2, -0.15) is 0 Å². The number of β-lactam (4-membered cyclic amide) rings is 1. The first-order chi connectivity index (χ1) is 16.8. The third kappa shape index (κ3) is 4.84. The van der Waals surface area contributed by atoms with E-state index in [-0.39, 0.29) is 23.8 Å². The second-order valence-electron chi connectivity index (χ2n) is 7.76. The number of carbonyl (C=O) groups excluding carboxylic acids is 3. The predicted octanol–water partition coefficient (Wildman–Crippen LogP) is 1.60. The van der Waals surface area contributed by atoms with Crippen LogP contribution < -0.4 is 11.1 Å². The number of thioether (sulfide) groups is 1. The Kier molecular flexibility index (Phi) is 7.03. The highest BCUT2D eigenvalue weighted by Gasteiger charge is 2.55. The van der Waals surface area contributed by atoms with Crippen LogP contribution in [0.25, 0.3) is 0 Å². The van der Waals surface area contributed by atoms with Gasteiger partial charge in [-0.15, -0.1) is 11.8 Å². The minimum Gasteiger partial charge on any atom is -0.498 e. The first kappa shape index (κ1) is 24.2. The van der Waals surface area contributed by atoms with Crippen molar-refractivity contribution in [3.05, 3.63) is 87.3 Å². The van der Waals surface area contributed by atoms with E-state index in [0.717, 1.165) is 0 Å². The number of hydrogen-bond acceptors (Lipinski definition) is 9. The van der Waals surface area contributed by atoms with Crippen LogP contribution in [-0.2, 0) is 30.5 Å². The van der Waals surface area contributed by atoms with Crippen LogP contribution in [0.4, 0.5) is 5.69 Å². The van der Waals surface area contributed by atoms with E-state index < -0.39 is 40.2 Å². The molecule has 0 bridgehead atoms. The summed E-state index contributed by atoms with van der Waals surface area (Å²) in [5.41, 5.74) is 7.08. The second kappa shape index (κ2) is 10.2. The number of benzene rings is 2. The molecule has 12 heteroatoms. The molecule has 2 aromatic carbocycles. The van der Waals surface area contributed by atoms with E-state index in [9.17, 15) is 24.5 Å². The van der Waals surface area contributed by atoms with E-state index >= 15 is 0 Å². The molecular weight excluding hydrogens is 476 g/mol. The van der Waals surface area contributed by atoms with E-state index in [4.69, 9.17) is 15.2 Å². The number of fused-ring (bicyclic) bond motifs is 1. The number of amides is 2. The molecule has 2 aromatic rings. The Morgan fingerprint density at radius 3 is 2.54 bits per heavy atom. The third-order valence-corrected chi connectivity index (χ3v) is 6.88. The lowest BCUT2D eigenvalue weighted by molar-refractivity contribution is -0.384. The van der Waals surface area contributed by atoms with Crippen molar-refractivity contribution in [3.63, 3.8) is 0 Å². The van der Waals surface area contributed by atoms with Crippen molar-refractivity contribution < 1.29 is 28.8 Å². The highest BCUT2D eigenvalue weighted by molar-refractivity contribution is 8.00. The van der Waals surface area contributed by atoms with Crippen LogP contribution >= 0.6 is 11.8 Å². The average molecular weight is 499 g/mol. The van der Waals surface area contributed by atoms with Crippen LogP contribution in [0.1, 0.15) is 17.2 Å². The summed E-state index contributed by atoms with van der Waals surface area (Å²) < 4.78 is 10.7. The van der Waals surface area contributed by atoms with Gasteiger partial charge in [0, 0.05) is 12.1 Å². The van der Waals surface area contributed by atoms with Crippen LogP contribution in [0.15, 0.2) is 66.1 Å². The molecule has 2 amide bonds.